The average Bonchev–Trinajstić information content (AvgIpc) is 2.46. The number of rotatable bonds is 4. The highest BCUT2D eigenvalue weighted by molar-refractivity contribution is 5.76. The summed E-state index contributed by atoms with van der Waals surface area (Å²) >= 11 is 0. The van der Waals surface area contributed by atoms with Gasteiger partial charge in [0.15, 0.2) is 0 Å². The third kappa shape index (κ3) is 3.47. The van der Waals surface area contributed by atoms with E-state index >= 15 is 0 Å². The van der Waals surface area contributed by atoms with Gasteiger partial charge >= 0.3 is 0 Å². The Morgan fingerprint density at radius 3 is 2.56 bits per heavy atom. The fourth-order valence-corrected chi connectivity index (χ4v) is 2.12. The van der Waals surface area contributed by atoms with Crippen LogP contribution in [-0.4, -0.2) is 44.1 Å². The van der Waals surface area contributed by atoms with Gasteiger partial charge in [-0.15, -0.1) is 0 Å². The summed E-state index contributed by atoms with van der Waals surface area (Å²) in [5.74, 6) is 1.11. The van der Waals surface area contributed by atoms with Crippen molar-refractivity contribution in [3.63, 3.8) is 0 Å². The summed E-state index contributed by atoms with van der Waals surface area (Å²) in [5, 5.41) is 3.25. The minimum atomic E-state index is 0.257. The maximum absolute atomic E-state index is 12.0. The van der Waals surface area contributed by atoms with Crippen molar-refractivity contribution in [3.8, 4) is 5.75 Å². The molecule has 1 heterocycles. The molecule has 0 aromatic heterocycles. The number of carbonyl (C=O) groups excluding carboxylic acids is 1. The monoisotopic (exact) mass is 248 g/mol. The summed E-state index contributed by atoms with van der Waals surface area (Å²) in [6, 6.07) is 7.91. The summed E-state index contributed by atoms with van der Waals surface area (Å²) in [6.07, 6.45) is 1.39. The Morgan fingerprint density at radius 2 is 1.94 bits per heavy atom. The number of nitrogens with one attached hydrogen (secondary N) is 1. The molecule has 1 fully saturated rings. The van der Waals surface area contributed by atoms with Crippen molar-refractivity contribution in [2.75, 3.05) is 33.3 Å². The van der Waals surface area contributed by atoms with Crippen LogP contribution in [0.1, 0.15) is 12.0 Å². The Bertz CT molecular complexity index is 383. The van der Waals surface area contributed by atoms with E-state index in [0.717, 1.165) is 38.3 Å². The van der Waals surface area contributed by atoms with Crippen LogP contribution in [0.25, 0.3) is 0 Å². The SMILES string of the molecule is COc1ccc(CCC(=O)N2CCNCC2)cc1. The van der Waals surface area contributed by atoms with Gasteiger partial charge in [0.1, 0.15) is 5.75 Å². The lowest BCUT2D eigenvalue weighted by molar-refractivity contribution is -0.131. The molecule has 0 atom stereocenters. The fourth-order valence-electron chi connectivity index (χ4n) is 2.12. The van der Waals surface area contributed by atoms with Crippen LogP contribution < -0.4 is 10.1 Å². The molecule has 0 saturated carbocycles. The molecule has 18 heavy (non-hydrogen) atoms. The summed E-state index contributed by atoms with van der Waals surface area (Å²) < 4.78 is 5.11. The number of carbonyl (C=O) groups is 1. The summed E-state index contributed by atoms with van der Waals surface area (Å²) in [4.78, 5) is 13.9. The van der Waals surface area contributed by atoms with E-state index < -0.39 is 0 Å². The van der Waals surface area contributed by atoms with E-state index in [1.165, 1.54) is 5.56 Å². The second-order valence-electron chi connectivity index (χ2n) is 4.48. The van der Waals surface area contributed by atoms with Crippen LogP contribution in [0.5, 0.6) is 5.75 Å². The Morgan fingerprint density at radius 1 is 1.28 bits per heavy atom. The van der Waals surface area contributed by atoms with Gasteiger partial charge in [-0.3, -0.25) is 4.79 Å². The smallest absolute Gasteiger partial charge is 0.222 e. The zero-order valence-electron chi connectivity index (χ0n) is 10.8. The highest BCUT2D eigenvalue weighted by Gasteiger charge is 2.15. The molecule has 2 rings (SSSR count). The van der Waals surface area contributed by atoms with Gasteiger partial charge in [0, 0.05) is 32.6 Å². The summed E-state index contributed by atoms with van der Waals surface area (Å²) in [5.41, 5.74) is 1.18. The van der Waals surface area contributed by atoms with Gasteiger partial charge in [0.05, 0.1) is 7.11 Å². The minimum Gasteiger partial charge on any atom is -0.497 e. The predicted molar refractivity (Wildman–Crippen MR) is 70.8 cm³/mol. The molecule has 1 aromatic rings. The molecular weight excluding hydrogens is 228 g/mol. The van der Waals surface area contributed by atoms with E-state index in [2.05, 4.69) is 5.32 Å². The molecule has 4 nitrogen and oxygen atoms in total. The minimum absolute atomic E-state index is 0.257. The Balaban J connectivity index is 1.80. The molecule has 1 amide bonds. The van der Waals surface area contributed by atoms with Crippen molar-refractivity contribution in [2.24, 2.45) is 0 Å². The zero-order chi connectivity index (χ0) is 12.8. The summed E-state index contributed by atoms with van der Waals surface area (Å²) in [6.45, 7) is 3.49. The van der Waals surface area contributed by atoms with Crippen LogP contribution >= 0.6 is 0 Å². The van der Waals surface area contributed by atoms with Crippen LogP contribution in [0.2, 0.25) is 0 Å². The van der Waals surface area contributed by atoms with Crippen molar-refractivity contribution in [1.82, 2.24) is 10.2 Å². The van der Waals surface area contributed by atoms with E-state index in [4.69, 9.17) is 4.74 Å². The normalized spacial score (nSPS) is 15.5. The Hall–Kier alpha value is -1.55. The topological polar surface area (TPSA) is 41.6 Å². The number of nitrogens with zero attached hydrogens (tertiary/aromatic N) is 1. The van der Waals surface area contributed by atoms with E-state index in [0.29, 0.717) is 6.42 Å². The van der Waals surface area contributed by atoms with E-state index in [9.17, 15) is 4.79 Å². The number of aryl methyl sites for hydroxylation is 1. The van der Waals surface area contributed by atoms with Gasteiger partial charge in [0.25, 0.3) is 0 Å². The second-order valence-corrected chi connectivity index (χ2v) is 4.48. The molecule has 0 aliphatic carbocycles. The number of benzene rings is 1. The molecular formula is C14H20N2O2. The van der Waals surface area contributed by atoms with Crippen molar-refractivity contribution in [2.45, 2.75) is 12.8 Å². The number of hydrogen-bond donors (Lipinski definition) is 1. The van der Waals surface area contributed by atoms with Gasteiger partial charge < -0.3 is 15.0 Å². The third-order valence-electron chi connectivity index (χ3n) is 3.26. The standard InChI is InChI=1S/C14H20N2O2/c1-18-13-5-2-12(3-6-13)4-7-14(17)16-10-8-15-9-11-16/h2-3,5-6,15H,4,7-11H2,1H3. The predicted octanol–water partition coefficient (Wildman–Crippen LogP) is 1.06. The molecule has 98 valence electrons. The largest absolute Gasteiger partial charge is 0.497 e. The van der Waals surface area contributed by atoms with E-state index in [1.54, 1.807) is 7.11 Å². The highest BCUT2D eigenvalue weighted by atomic mass is 16.5. The van der Waals surface area contributed by atoms with Crippen LogP contribution in [-0.2, 0) is 11.2 Å². The molecule has 1 aliphatic rings. The van der Waals surface area contributed by atoms with E-state index in [1.807, 2.05) is 29.2 Å². The lowest BCUT2D eigenvalue weighted by Gasteiger charge is -2.27. The molecule has 0 radical (unpaired) electrons. The second kappa shape index (κ2) is 6.40. The van der Waals surface area contributed by atoms with Crippen molar-refractivity contribution in [1.29, 1.82) is 0 Å². The van der Waals surface area contributed by atoms with Crippen LogP contribution in [0, 0.1) is 0 Å². The van der Waals surface area contributed by atoms with E-state index in [-0.39, 0.29) is 5.91 Å². The molecule has 4 heteroatoms. The maximum Gasteiger partial charge on any atom is 0.222 e. The number of ether oxygens (including phenoxy) is 1. The van der Waals surface area contributed by atoms with Crippen LogP contribution in [0.4, 0.5) is 0 Å². The zero-order valence-corrected chi connectivity index (χ0v) is 10.8. The number of piperazine rings is 1. The first-order valence-electron chi connectivity index (χ1n) is 6.41. The lowest BCUT2D eigenvalue weighted by Crippen LogP contribution is -2.46. The average molecular weight is 248 g/mol. The number of amides is 1. The van der Waals surface area contributed by atoms with Crippen molar-refractivity contribution >= 4 is 5.91 Å². The first-order valence-corrected chi connectivity index (χ1v) is 6.41. The Labute approximate surface area is 108 Å². The quantitative estimate of drug-likeness (QED) is 0.866. The van der Waals surface area contributed by atoms with Gasteiger partial charge in [-0.05, 0) is 24.1 Å². The fraction of sp³-hybridized carbons (Fsp3) is 0.500. The molecule has 1 saturated heterocycles. The molecule has 1 aliphatic heterocycles. The molecule has 0 bridgehead atoms. The van der Waals surface area contributed by atoms with Crippen LogP contribution in [0.3, 0.4) is 0 Å². The van der Waals surface area contributed by atoms with Gasteiger partial charge in [-0.1, -0.05) is 12.1 Å². The number of hydrogen-bond acceptors (Lipinski definition) is 3. The highest BCUT2D eigenvalue weighted by Crippen LogP contribution is 2.13. The first-order chi connectivity index (χ1) is 8.79. The van der Waals surface area contributed by atoms with Gasteiger partial charge in [-0.2, -0.15) is 0 Å². The third-order valence-corrected chi connectivity index (χ3v) is 3.26. The van der Waals surface area contributed by atoms with Crippen molar-refractivity contribution in [3.05, 3.63) is 29.8 Å². The molecule has 1 N–H and O–H groups in total. The first kappa shape index (κ1) is 12.9. The number of methoxy groups -OCH3 is 1. The lowest BCUT2D eigenvalue weighted by atomic mass is 10.1. The summed E-state index contributed by atoms with van der Waals surface area (Å²) in [7, 11) is 1.66. The molecule has 1 aromatic carbocycles. The van der Waals surface area contributed by atoms with Gasteiger partial charge in [0.2, 0.25) is 5.91 Å². The maximum atomic E-state index is 12.0. The van der Waals surface area contributed by atoms with Crippen LogP contribution in [0.15, 0.2) is 24.3 Å². The van der Waals surface area contributed by atoms with Crippen molar-refractivity contribution < 1.29 is 9.53 Å². The molecule has 0 unspecified atom stereocenters. The Kier molecular flexibility index (Phi) is 4.59. The van der Waals surface area contributed by atoms with Gasteiger partial charge in [-0.25, -0.2) is 0 Å². The molecule has 0 spiro atoms.